The third-order valence-electron chi connectivity index (χ3n) is 8.47. The monoisotopic (exact) mass is 719 g/mol. The highest BCUT2D eigenvalue weighted by Crippen LogP contribution is 2.39. The molecule has 1 heterocycles. The largest absolute Gasteiger partial charge is 0.481 e. The third kappa shape index (κ3) is 8.81. The number of amides is 2. The highest BCUT2D eigenvalue weighted by atomic mass is 19.4. The summed E-state index contributed by atoms with van der Waals surface area (Å²) in [5, 5.41) is 22.8. The number of carbonyl (C=O) groups excluding carboxylic acids is 3. The first-order chi connectivity index (χ1) is 24.6. The Morgan fingerprint density at radius 1 is 0.865 bits per heavy atom. The van der Waals surface area contributed by atoms with Crippen LogP contribution < -0.4 is 5.32 Å². The summed E-state index contributed by atoms with van der Waals surface area (Å²) < 4.78 is 44.7. The molecule has 11 nitrogen and oxygen atoms in total. The van der Waals surface area contributed by atoms with Gasteiger partial charge in [-0.2, -0.15) is 13.2 Å². The first-order valence-corrected chi connectivity index (χ1v) is 16.1. The van der Waals surface area contributed by atoms with Gasteiger partial charge in [-0.15, -0.1) is 0 Å². The summed E-state index contributed by atoms with van der Waals surface area (Å²) in [5.41, 5.74) is -1.84. The van der Waals surface area contributed by atoms with Crippen molar-refractivity contribution in [3.05, 3.63) is 119 Å². The molecule has 0 aliphatic heterocycles. The van der Waals surface area contributed by atoms with Crippen molar-refractivity contribution in [2.24, 2.45) is 0 Å². The summed E-state index contributed by atoms with van der Waals surface area (Å²) in [6.07, 6.45) is -4.66. The average Bonchev–Trinajstić information content (AvgIpc) is 3.11. The van der Waals surface area contributed by atoms with E-state index in [0.29, 0.717) is 16.7 Å². The fourth-order valence-electron chi connectivity index (χ4n) is 5.84. The van der Waals surface area contributed by atoms with Crippen molar-refractivity contribution in [2.75, 3.05) is 26.0 Å². The zero-order valence-corrected chi connectivity index (χ0v) is 28.4. The second kappa shape index (κ2) is 16.3. The quantitative estimate of drug-likeness (QED) is 0.121. The second-order valence-corrected chi connectivity index (χ2v) is 12.1. The van der Waals surface area contributed by atoms with Gasteiger partial charge in [-0.1, -0.05) is 60.7 Å². The Kier molecular flexibility index (Phi) is 12.2. The van der Waals surface area contributed by atoms with Crippen molar-refractivity contribution in [3.8, 4) is 11.1 Å². The third-order valence-corrected chi connectivity index (χ3v) is 8.47. The number of alkyl halides is 3. The minimum Gasteiger partial charge on any atom is -0.481 e. The van der Waals surface area contributed by atoms with Gasteiger partial charge < -0.3 is 25.2 Å². The van der Waals surface area contributed by atoms with Gasteiger partial charge in [-0.05, 0) is 60.7 Å². The van der Waals surface area contributed by atoms with E-state index in [1.165, 1.54) is 43.3 Å². The van der Waals surface area contributed by atoms with Crippen LogP contribution in [-0.4, -0.2) is 70.5 Å². The molecule has 0 saturated heterocycles. The number of anilines is 1. The number of rotatable bonds is 14. The minimum absolute atomic E-state index is 0.0467. The molecule has 0 aliphatic rings. The van der Waals surface area contributed by atoms with Crippen molar-refractivity contribution in [1.82, 2.24) is 9.88 Å². The fraction of sp³-hybridized carbons (Fsp3) is 0.263. The van der Waals surface area contributed by atoms with Crippen LogP contribution in [0.25, 0.3) is 11.1 Å². The van der Waals surface area contributed by atoms with E-state index < -0.39 is 59.2 Å². The molecule has 3 N–H and O–H groups in total. The summed E-state index contributed by atoms with van der Waals surface area (Å²) in [7, 11) is 2.89. The van der Waals surface area contributed by atoms with Crippen LogP contribution in [0, 0.1) is 0 Å². The van der Waals surface area contributed by atoms with Gasteiger partial charge in [0.1, 0.15) is 5.41 Å². The number of aromatic nitrogens is 1. The van der Waals surface area contributed by atoms with Crippen molar-refractivity contribution in [3.63, 3.8) is 0 Å². The number of carboxylic acids is 2. The van der Waals surface area contributed by atoms with Crippen LogP contribution in [0.5, 0.6) is 0 Å². The number of ether oxygens (including phenoxy) is 1. The summed E-state index contributed by atoms with van der Waals surface area (Å²) in [4.78, 5) is 70.6. The van der Waals surface area contributed by atoms with E-state index in [0.717, 1.165) is 18.3 Å². The fourth-order valence-corrected chi connectivity index (χ4v) is 5.84. The van der Waals surface area contributed by atoms with Crippen LogP contribution in [-0.2, 0) is 30.7 Å². The molecule has 52 heavy (non-hydrogen) atoms. The van der Waals surface area contributed by atoms with E-state index in [-0.39, 0.29) is 42.0 Å². The van der Waals surface area contributed by atoms with Crippen LogP contribution in [0.15, 0.2) is 91.1 Å². The number of carboxylic acid groups (broad SMARTS) is 2. The van der Waals surface area contributed by atoms with Crippen molar-refractivity contribution in [2.45, 2.75) is 43.7 Å². The topological polar surface area (TPSA) is 163 Å². The van der Waals surface area contributed by atoms with Crippen LogP contribution >= 0.6 is 0 Å². The van der Waals surface area contributed by atoms with Crippen molar-refractivity contribution in [1.29, 1.82) is 0 Å². The number of halogens is 3. The van der Waals surface area contributed by atoms with Crippen molar-refractivity contribution >= 4 is 35.4 Å². The maximum Gasteiger partial charge on any atom is 0.416 e. The Bertz CT molecular complexity index is 1950. The molecule has 14 heteroatoms. The summed E-state index contributed by atoms with van der Waals surface area (Å²) in [6.45, 7) is 1.52. The zero-order valence-electron chi connectivity index (χ0n) is 28.4. The number of hydrogen-bond donors (Lipinski definition) is 3. The number of aliphatic carboxylic acids is 2. The van der Waals surface area contributed by atoms with E-state index in [9.17, 15) is 47.4 Å². The molecular formula is C38H36F3N3O8. The lowest BCUT2D eigenvalue weighted by atomic mass is 9.72. The Labute approximate surface area is 297 Å². The Morgan fingerprint density at radius 2 is 1.50 bits per heavy atom. The number of nitrogens with zero attached hydrogens (tertiary/aromatic N) is 2. The van der Waals surface area contributed by atoms with Gasteiger partial charge in [0, 0.05) is 19.7 Å². The van der Waals surface area contributed by atoms with Crippen LogP contribution in [0.3, 0.4) is 0 Å². The number of benzene rings is 3. The summed E-state index contributed by atoms with van der Waals surface area (Å²) >= 11 is 0. The molecule has 0 aliphatic carbocycles. The predicted octanol–water partition coefficient (Wildman–Crippen LogP) is 6.65. The predicted molar refractivity (Wildman–Crippen MR) is 184 cm³/mol. The molecule has 0 spiro atoms. The van der Waals surface area contributed by atoms with E-state index in [2.05, 4.69) is 10.3 Å². The number of nitrogens with one attached hydrogen (secondary N) is 1. The van der Waals surface area contributed by atoms with E-state index >= 15 is 0 Å². The Balaban J connectivity index is 1.71. The molecule has 0 radical (unpaired) electrons. The smallest absolute Gasteiger partial charge is 0.416 e. The first kappa shape index (κ1) is 38.7. The Hall–Kier alpha value is -6.05. The number of carbonyl (C=O) groups is 5. The number of hydrogen-bond acceptors (Lipinski definition) is 7. The molecule has 3 aromatic carbocycles. The maximum atomic E-state index is 13.6. The first-order valence-electron chi connectivity index (χ1n) is 16.1. The molecule has 4 aromatic rings. The molecular weight excluding hydrogens is 683 g/mol. The summed E-state index contributed by atoms with van der Waals surface area (Å²) in [6, 6.07) is 19.7. The lowest BCUT2D eigenvalue weighted by Crippen LogP contribution is -2.40. The lowest BCUT2D eigenvalue weighted by Gasteiger charge is -2.31. The lowest BCUT2D eigenvalue weighted by molar-refractivity contribution is -0.156. The molecule has 4 rings (SSSR count). The molecule has 272 valence electrons. The zero-order chi connectivity index (χ0) is 38.2. The van der Waals surface area contributed by atoms with Gasteiger partial charge in [0.2, 0.25) is 0 Å². The van der Waals surface area contributed by atoms with Crippen LogP contribution in [0.4, 0.5) is 18.9 Å². The molecule has 2 amide bonds. The molecule has 1 aromatic heterocycles. The molecule has 2 unspecified atom stereocenters. The van der Waals surface area contributed by atoms with E-state index in [1.54, 1.807) is 55.5 Å². The van der Waals surface area contributed by atoms with Crippen LogP contribution in [0.2, 0.25) is 0 Å². The minimum atomic E-state index is -4.55. The van der Waals surface area contributed by atoms with Crippen LogP contribution in [0.1, 0.15) is 69.6 Å². The molecule has 0 saturated carbocycles. The van der Waals surface area contributed by atoms with Gasteiger partial charge >= 0.3 is 24.1 Å². The van der Waals surface area contributed by atoms with E-state index in [1.807, 2.05) is 0 Å². The van der Waals surface area contributed by atoms with Gasteiger partial charge in [0.05, 0.1) is 47.7 Å². The van der Waals surface area contributed by atoms with Crippen molar-refractivity contribution < 1.29 is 52.1 Å². The van der Waals surface area contributed by atoms with Gasteiger partial charge in [0.15, 0.2) is 0 Å². The Morgan fingerprint density at radius 3 is 2.08 bits per heavy atom. The summed E-state index contributed by atoms with van der Waals surface area (Å²) in [5.74, 6) is -6.26. The van der Waals surface area contributed by atoms with Gasteiger partial charge in [0.25, 0.3) is 11.8 Å². The second-order valence-electron chi connectivity index (χ2n) is 12.1. The highest BCUT2D eigenvalue weighted by molar-refractivity contribution is 6.11. The molecule has 0 bridgehead atoms. The highest BCUT2D eigenvalue weighted by Gasteiger charge is 2.45. The normalized spacial score (nSPS) is 13.0. The van der Waals surface area contributed by atoms with Gasteiger partial charge in [-0.3, -0.25) is 29.0 Å². The van der Waals surface area contributed by atoms with Gasteiger partial charge in [-0.25, -0.2) is 0 Å². The standard InChI is InChI=1S/C38H36F3N3O8/c1-4-52-36(51)37(21-32(45)46,24-10-6-5-7-11-24)19-18-28(35(49)50)30-20-29(34(48)44(2)3)31(22-42-30)43-33(47)27-13-9-8-12-26(27)23-14-16-25(17-15-23)38(39,40)41/h5-17,20,22,28H,4,18-19,21H2,1-3H3,(H,43,47)(H,45,46)(H,49,50). The maximum absolute atomic E-state index is 13.6. The van der Waals surface area contributed by atoms with E-state index in [4.69, 9.17) is 4.74 Å². The number of esters is 1. The molecule has 2 atom stereocenters. The number of pyridine rings is 1. The SMILES string of the molecule is CCOC(=O)C(CCC(C(=O)O)c1cc(C(=O)N(C)C)c(NC(=O)c2ccccc2-c2ccc(C(F)(F)F)cc2)cn1)(CC(=O)O)c1ccccc1. The average molecular weight is 720 g/mol. The molecule has 0 fully saturated rings.